The zero-order valence-electron chi connectivity index (χ0n) is 20.7. The van der Waals surface area contributed by atoms with Crippen LogP contribution in [0, 0.1) is 5.82 Å². The first-order chi connectivity index (χ1) is 18.5. The number of aryl methyl sites for hydroxylation is 1. The van der Waals surface area contributed by atoms with Gasteiger partial charge >= 0.3 is 0 Å². The summed E-state index contributed by atoms with van der Waals surface area (Å²) in [6.45, 7) is 2.46. The molecule has 9 nitrogen and oxygen atoms in total. The summed E-state index contributed by atoms with van der Waals surface area (Å²) >= 11 is 0. The molecule has 1 fully saturated rings. The molecule has 4 aromatic rings. The predicted molar refractivity (Wildman–Crippen MR) is 141 cm³/mol. The molecule has 1 amide bonds. The van der Waals surface area contributed by atoms with Crippen molar-refractivity contribution in [2.24, 2.45) is 7.05 Å². The van der Waals surface area contributed by atoms with Crippen molar-refractivity contribution in [3.8, 4) is 16.9 Å². The summed E-state index contributed by atoms with van der Waals surface area (Å²) in [6.07, 6.45) is 4.11. The van der Waals surface area contributed by atoms with Crippen LogP contribution >= 0.6 is 0 Å². The fourth-order valence-corrected chi connectivity index (χ4v) is 5.05. The first-order valence-electron chi connectivity index (χ1n) is 12.3. The van der Waals surface area contributed by atoms with Crippen LogP contribution in [0.3, 0.4) is 0 Å². The molecule has 1 atom stereocenters. The molecule has 1 unspecified atom stereocenters. The Labute approximate surface area is 218 Å². The van der Waals surface area contributed by atoms with Crippen LogP contribution < -0.4 is 19.9 Å². The number of hydrogen-bond donors (Lipinski definition) is 1. The van der Waals surface area contributed by atoms with E-state index >= 15 is 0 Å². The molecule has 192 valence electrons. The lowest BCUT2D eigenvalue weighted by molar-refractivity contribution is -0.112. The summed E-state index contributed by atoms with van der Waals surface area (Å²) in [5.74, 6) is -0.665. The van der Waals surface area contributed by atoms with Gasteiger partial charge in [-0.1, -0.05) is 30.3 Å². The van der Waals surface area contributed by atoms with Crippen molar-refractivity contribution in [3.05, 3.63) is 84.7 Å². The van der Waals surface area contributed by atoms with E-state index in [4.69, 9.17) is 4.74 Å². The maximum atomic E-state index is 13.2. The van der Waals surface area contributed by atoms with Gasteiger partial charge in [0.1, 0.15) is 18.1 Å². The molecule has 2 aromatic heterocycles. The van der Waals surface area contributed by atoms with Gasteiger partial charge in [-0.15, -0.1) is 0 Å². The maximum absolute atomic E-state index is 13.2. The zero-order valence-corrected chi connectivity index (χ0v) is 20.7. The Morgan fingerprint density at radius 3 is 2.63 bits per heavy atom. The summed E-state index contributed by atoms with van der Waals surface area (Å²) in [7, 11) is 1.75. The molecular formula is C28H25FN6O3. The summed E-state index contributed by atoms with van der Waals surface area (Å²) in [6, 6.07) is 16.8. The molecule has 2 aliphatic rings. The summed E-state index contributed by atoms with van der Waals surface area (Å²) in [5, 5.41) is 2.74. The molecule has 2 aliphatic heterocycles. The largest absolute Gasteiger partial charge is 0.489 e. The number of anilines is 3. The Hall–Kier alpha value is -4.73. The number of aromatic nitrogens is 3. The van der Waals surface area contributed by atoms with E-state index in [1.807, 2.05) is 47.4 Å². The van der Waals surface area contributed by atoms with E-state index in [2.05, 4.69) is 20.2 Å². The van der Waals surface area contributed by atoms with Crippen molar-refractivity contribution in [2.75, 3.05) is 41.4 Å². The van der Waals surface area contributed by atoms with E-state index in [9.17, 15) is 14.0 Å². The molecule has 4 heterocycles. The average Bonchev–Trinajstić information content (AvgIpc) is 3.34. The number of ether oxygens (including phenoxy) is 1. The minimum Gasteiger partial charge on any atom is -0.489 e. The van der Waals surface area contributed by atoms with E-state index < -0.39 is 17.5 Å². The van der Waals surface area contributed by atoms with Crippen molar-refractivity contribution in [1.82, 2.24) is 14.5 Å². The van der Waals surface area contributed by atoms with Gasteiger partial charge in [-0.25, -0.2) is 14.4 Å². The van der Waals surface area contributed by atoms with Gasteiger partial charge in [0.2, 0.25) is 5.95 Å². The van der Waals surface area contributed by atoms with Gasteiger partial charge < -0.3 is 24.4 Å². The standard InChI is InChI=1S/C28H25FN6O3/c1-33-10-9-22(18-5-3-2-4-6-18)25(33)26(36)27(37)32-20-7-8-23-24(13-20)38-17-21-16-34(11-12-35(21)23)28-30-14-19(29)15-31-28/h2-10,13-15,21H,11-12,16-17H2,1H3,(H,32,37). The first-order valence-corrected chi connectivity index (χ1v) is 12.3. The second kappa shape index (κ2) is 9.62. The van der Waals surface area contributed by atoms with E-state index in [0.717, 1.165) is 11.3 Å². The van der Waals surface area contributed by atoms with Crippen LogP contribution in [0.15, 0.2) is 73.2 Å². The molecule has 10 heteroatoms. The highest BCUT2D eigenvalue weighted by Gasteiger charge is 2.34. The van der Waals surface area contributed by atoms with Crippen molar-refractivity contribution in [1.29, 1.82) is 0 Å². The normalized spacial score (nSPS) is 16.3. The van der Waals surface area contributed by atoms with Gasteiger partial charge in [-0.3, -0.25) is 9.59 Å². The van der Waals surface area contributed by atoms with Crippen molar-refractivity contribution in [3.63, 3.8) is 0 Å². The van der Waals surface area contributed by atoms with Crippen LogP contribution in [0.1, 0.15) is 10.5 Å². The van der Waals surface area contributed by atoms with Gasteiger partial charge in [-0.2, -0.15) is 0 Å². The van der Waals surface area contributed by atoms with Crippen molar-refractivity contribution >= 4 is 29.0 Å². The number of benzene rings is 2. The minimum absolute atomic E-state index is 0.0701. The summed E-state index contributed by atoms with van der Waals surface area (Å²) in [4.78, 5) is 38.6. The van der Waals surface area contributed by atoms with Gasteiger partial charge in [0.15, 0.2) is 5.82 Å². The molecule has 0 radical (unpaired) electrons. The molecule has 38 heavy (non-hydrogen) atoms. The molecule has 0 aliphatic carbocycles. The number of nitrogens with zero attached hydrogens (tertiary/aromatic N) is 5. The number of nitrogens with one attached hydrogen (secondary N) is 1. The number of amides is 1. The van der Waals surface area contributed by atoms with Crippen LogP contribution in [0.4, 0.5) is 21.7 Å². The predicted octanol–water partition coefficient (Wildman–Crippen LogP) is 3.53. The Bertz CT molecular complexity index is 1510. The Balaban J connectivity index is 1.16. The Kier molecular flexibility index (Phi) is 5.99. The highest BCUT2D eigenvalue weighted by molar-refractivity contribution is 6.47. The van der Waals surface area contributed by atoms with Crippen molar-refractivity contribution < 1.29 is 18.7 Å². The molecular weight excluding hydrogens is 487 g/mol. The van der Waals surface area contributed by atoms with Gasteiger partial charge in [-0.05, 0) is 23.8 Å². The van der Waals surface area contributed by atoms with Crippen LogP contribution in [0.5, 0.6) is 5.75 Å². The SMILES string of the molecule is Cn1ccc(-c2ccccc2)c1C(=O)C(=O)Nc1ccc2c(c1)OCC1CN(c3ncc(F)cn3)CCN21. The Morgan fingerprint density at radius 1 is 1.05 bits per heavy atom. The lowest BCUT2D eigenvalue weighted by Crippen LogP contribution is -2.57. The van der Waals surface area contributed by atoms with Crippen LogP contribution in [-0.2, 0) is 11.8 Å². The van der Waals surface area contributed by atoms with E-state index in [0.29, 0.717) is 54.9 Å². The number of fused-ring (bicyclic) bond motifs is 3. The van der Waals surface area contributed by atoms with Crippen LogP contribution in [0.2, 0.25) is 0 Å². The molecule has 0 saturated carbocycles. The van der Waals surface area contributed by atoms with Gasteiger partial charge in [0.05, 0.1) is 24.1 Å². The summed E-state index contributed by atoms with van der Waals surface area (Å²) < 4.78 is 20.9. The van der Waals surface area contributed by atoms with Gasteiger partial charge in [0.25, 0.3) is 11.7 Å². The zero-order chi connectivity index (χ0) is 26.2. The second-order valence-electron chi connectivity index (χ2n) is 9.33. The maximum Gasteiger partial charge on any atom is 0.298 e. The number of carbonyl (C=O) groups excluding carboxylic acids is 2. The number of halogens is 1. The highest BCUT2D eigenvalue weighted by atomic mass is 19.1. The van der Waals surface area contributed by atoms with Gasteiger partial charge in [0, 0.05) is 50.2 Å². The molecule has 0 spiro atoms. The van der Waals surface area contributed by atoms with E-state index in [1.165, 1.54) is 12.4 Å². The number of Topliss-reactive ketones (excluding diaryl/α,β-unsaturated/α-hetero) is 1. The smallest absolute Gasteiger partial charge is 0.298 e. The Morgan fingerprint density at radius 2 is 1.84 bits per heavy atom. The number of piperazine rings is 1. The van der Waals surface area contributed by atoms with E-state index in [1.54, 1.807) is 29.9 Å². The third-order valence-electron chi connectivity index (χ3n) is 6.91. The third-order valence-corrected chi connectivity index (χ3v) is 6.91. The number of rotatable bonds is 5. The lowest BCUT2D eigenvalue weighted by atomic mass is 10.0. The third kappa shape index (κ3) is 4.34. The van der Waals surface area contributed by atoms with Crippen molar-refractivity contribution in [2.45, 2.75) is 6.04 Å². The highest BCUT2D eigenvalue weighted by Crippen LogP contribution is 2.37. The first kappa shape index (κ1) is 23.7. The van der Waals surface area contributed by atoms with E-state index in [-0.39, 0.29) is 6.04 Å². The second-order valence-corrected chi connectivity index (χ2v) is 9.33. The molecule has 2 aromatic carbocycles. The number of ketones is 1. The van der Waals surface area contributed by atoms with Crippen LogP contribution in [-0.4, -0.2) is 58.5 Å². The fourth-order valence-electron chi connectivity index (χ4n) is 5.05. The molecule has 1 saturated heterocycles. The van der Waals surface area contributed by atoms with Crippen LogP contribution in [0.25, 0.3) is 11.1 Å². The molecule has 0 bridgehead atoms. The quantitative estimate of drug-likeness (QED) is 0.323. The number of hydrogen-bond acceptors (Lipinski definition) is 7. The number of carbonyl (C=O) groups is 2. The fraction of sp³-hybridized carbons (Fsp3) is 0.214. The molecule has 6 rings (SSSR count). The molecule has 1 N–H and O–H groups in total. The monoisotopic (exact) mass is 512 g/mol. The summed E-state index contributed by atoms with van der Waals surface area (Å²) in [5.41, 5.74) is 3.30. The topological polar surface area (TPSA) is 92.6 Å². The lowest BCUT2D eigenvalue weighted by Gasteiger charge is -2.45. The minimum atomic E-state index is -0.717. The average molecular weight is 513 g/mol.